The van der Waals surface area contributed by atoms with E-state index < -0.39 is 0 Å². The molecule has 4 N–H and O–H groups in total. The fourth-order valence-electron chi connectivity index (χ4n) is 0.980. The van der Waals surface area contributed by atoms with Gasteiger partial charge in [-0.15, -0.1) is 0 Å². The predicted molar refractivity (Wildman–Crippen MR) is 56.2 cm³/mol. The van der Waals surface area contributed by atoms with E-state index in [1.165, 1.54) is 0 Å². The van der Waals surface area contributed by atoms with Crippen molar-refractivity contribution in [3.05, 3.63) is 29.6 Å². The predicted octanol–water partition coefficient (Wildman–Crippen LogP) is 0.861. The summed E-state index contributed by atoms with van der Waals surface area (Å²) in [4.78, 5) is 14.6. The zero-order valence-electron chi connectivity index (χ0n) is 8.03. The summed E-state index contributed by atoms with van der Waals surface area (Å²) in [6, 6.07) is 3.58. The van der Waals surface area contributed by atoms with E-state index in [1.54, 1.807) is 24.3 Å². The lowest BCUT2D eigenvalue weighted by Gasteiger charge is -1.99. The van der Waals surface area contributed by atoms with Crippen LogP contribution in [0, 0.1) is 6.92 Å². The molecule has 1 amide bonds. The Bertz CT molecular complexity index is 372. The first-order valence-corrected chi connectivity index (χ1v) is 4.27. The Hall–Kier alpha value is -1.84. The lowest BCUT2D eigenvalue weighted by molar-refractivity contribution is -0.117. The minimum absolute atomic E-state index is 0.227. The van der Waals surface area contributed by atoms with Gasteiger partial charge < -0.3 is 11.5 Å². The molecule has 14 heavy (non-hydrogen) atoms. The highest BCUT2D eigenvalue weighted by atomic mass is 16.1. The molecule has 0 aliphatic rings. The van der Waals surface area contributed by atoms with Gasteiger partial charge in [0.1, 0.15) is 0 Å². The SMILES string of the molecule is Cc1nc(C=CCC(N)=O)ccc1N. The summed E-state index contributed by atoms with van der Waals surface area (Å²) in [5.74, 6) is -0.353. The number of amides is 1. The van der Waals surface area contributed by atoms with Crippen molar-refractivity contribution in [2.45, 2.75) is 13.3 Å². The second-order valence-corrected chi connectivity index (χ2v) is 2.98. The van der Waals surface area contributed by atoms with E-state index in [2.05, 4.69) is 4.98 Å². The molecule has 0 aliphatic carbocycles. The number of aryl methyl sites for hydroxylation is 1. The Balaban J connectivity index is 2.73. The third-order valence-corrected chi connectivity index (χ3v) is 1.76. The van der Waals surface area contributed by atoms with Crippen LogP contribution in [-0.4, -0.2) is 10.9 Å². The average Bonchev–Trinajstić information content (AvgIpc) is 2.10. The van der Waals surface area contributed by atoms with Gasteiger partial charge in [-0.25, -0.2) is 0 Å². The Labute approximate surface area is 82.6 Å². The van der Waals surface area contributed by atoms with Crippen LogP contribution in [0.15, 0.2) is 18.2 Å². The van der Waals surface area contributed by atoms with Gasteiger partial charge in [0.05, 0.1) is 17.1 Å². The van der Waals surface area contributed by atoms with Gasteiger partial charge in [0, 0.05) is 6.42 Å². The van der Waals surface area contributed by atoms with Crippen LogP contribution in [0.4, 0.5) is 5.69 Å². The standard InChI is InChI=1S/C10H13N3O/c1-7-9(11)6-5-8(13-7)3-2-4-10(12)14/h2-3,5-6H,4,11H2,1H3,(H2,12,14). The molecule has 74 valence electrons. The van der Waals surface area contributed by atoms with Crippen molar-refractivity contribution in [2.24, 2.45) is 5.73 Å². The van der Waals surface area contributed by atoms with Crippen LogP contribution in [0.2, 0.25) is 0 Å². The van der Waals surface area contributed by atoms with Crippen LogP contribution in [0.3, 0.4) is 0 Å². The maximum atomic E-state index is 10.4. The molecule has 4 heteroatoms. The number of anilines is 1. The molecule has 0 saturated heterocycles. The molecule has 0 fully saturated rings. The number of aromatic nitrogens is 1. The van der Waals surface area contributed by atoms with Crippen LogP contribution >= 0.6 is 0 Å². The van der Waals surface area contributed by atoms with E-state index in [1.807, 2.05) is 6.92 Å². The van der Waals surface area contributed by atoms with Crippen LogP contribution in [-0.2, 0) is 4.79 Å². The number of nitrogens with zero attached hydrogens (tertiary/aromatic N) is 1. The van der Waals surface area contributed by atoms with Crippen molar-refractivity contribution in [3.63, 3.8) is 0 Å². The van der Waals surface area contributed by atoms with Crippen LogP contribution in [0.25, 0.3) is 6.08 Å². The number of pyridine rings is 1. The second-order valence-electron chi connectivity index (χ2n) is 2.98. The fourth-order valence-corrected chi connectivity index (χ4v) is 0.980. The van der Waals surface area contributed by atoms with Crippen molar-refractivity contribution in [2.75, 3.05) is 5.73 Å². The molecule has 1 heterocycles. The molecule has 1 aromatic heterocycles. The van der Waals surface area contributed by atoms with E-state index in [0.717, 1.165) is 11.4 Å². The molecule has 4 nitrogen and oxygen atoms in total. The molecule has 0 unspecified atom stereocenters. The maximum Gasteiger partial charge on any atom is 0.221 e. The molecule has 0 atom stereocenters. The van der Waals surface area contributed by atoms with Crippen molar-refractivity contribution in [1.82, 2.24) is 4.98 Å². The van der Waals surface area contributed by atoms with Crippen molar-refractivity contribution in [1.29, 1.82) is 0 Å². The largest absolute Gasteiger partial charge is 0.397 e. The molecule has 1 rings (SSSR count). The third kappa shape index (κ3) is 2.90. The summed E-state index contributed by atoms with van der Waals surface area (Å²) in [5.41, 5.74) is 12.8. The Morgan fingerprint density at radius 2 is 2.29 bits per heavy atom. The molecular weight excluding hydrogens is 178 g/mol. The van der Waals surface area contributed by atoms with E-state index in [-0.39, 0.29) is 12.3 Å². The quantitative estimate of drug-likeness (QED) is 0.743. The fraction of sp³-hybridized carbons (Fsp3) is 0.200. The Morgan fingerprint density at radius 1 is 1.57 bits per heavy atom. The summed E-state index contributed by atoms with van der Waals surface area (Å²) in [6.45, 7) is 1.83. The minimum atomic E-state index is -0.353. The maximum absolute atomic E-state index is 10.4. The van der Waals surface area contributed by atoms with Gasteiger partial charge in [0.2, 0.25) is 5.91 Å². The minimum Gasteiger partial charge on any atom is -0.397 e. The van der Waals surface area contributed by atoms with Gasteiger partial charge in [0.15, 0.2) is 0 Å². The van der Waals surface area contributed by atoms with Crippen molar-refractivity contribution >= 4 is 17.7 Å². The van der Waals surface area contributed by atoms with Crippen LogP contribution in [0.1, 0.15) is 17.8 Å². The molecule has 0 radical (unpaired) electrons. The summed E-state index contributed by atoms with van der Waals surface area (Å²) < 4.78 is 0. The lowest BCUT2D eigenvalue weighted by Crippen LogP contribution is -2.07. The van der Waals surface area contributed by atoms with Gasteiger partial charge in [-0.05, 0) is 25.1 Å². The topological polar surface area (TPSA) is 82.0 Å². The number of hydrogen-bond acceptors (Lipinski definition) is 3. The summed E-state index contributed by atoms with van der Waals surface area (Å²) >= 11 is 0. The summed E-state index contributed by atoms with van der Waals surface area (Å²) in [5, 5.41) is 0. The monoisotopic (exact) mass is 191 g/mol. The molecular formula is C10H13N3O. The number of primary amides is 1. The van der Waals surface area contributed by atoms with E-state index in [9.17, 15) is 4.79 Å². The highest BCUT2D eigenvalue weighted by Gasteiger charge is 1.95. The van der Waals surface area contributed by atoms with Crippen LogP contribution in [0.5, 0.6) is 0 Å². The molecule has 1 aromatic rings. The Kier molecular flexibility index (Phi) is 3.23. The summed E-state index contributed by atoms with van der Waals surface area (Å²) in [6.07, 6.45) is 3.66. The molecule has 0 bridgehead atoms. The highest BCUT2D eigenvalue weighted by Crippen LogP contribution is 2.09. The van der Waals surface area contributed by atoms with E-state index in [4.69, 9.17) is 11.5 Å². The van der Waals surface area contributed by atoms with Gasteiger partial charge in [-0.2, -0.15) is 0 Å². The van der Waals surface area contributed by atoms with Gasteiger partial charge in [-0.1, -0.05) is 6.08 Å². The highest BCUT2D eigenvalue weighted by molar-refractivity contribution is 5.76. The smallest absolute Gasteiger partial charge is 0.221 e. The number of carbonyl (C=O) groups is 1. The van der Waals surface area contributed by atoms with Crippen LogP contribution < -0.4 is 11.5 Å². The zero-order chi connectivity index (χ0) is 10.6. The second kappa shape index (κ2) is 4.41. The number of nitrogens with two attached hydrogens (primary N) is 2. The van der Waals surface area contributed by atoms with Crippen molar-refractivity contribution < 1.29 is 4.79 Å². The normalized spacial score (nSPS) is 10.6. The van der Waals surface area contributed by atoms with E-state index >= 15 is 0 Å². The first kappa shape index (κ1) is 10.2. The first-order valence-electron chi connectivity index (χ1n) is 4.27. The lowest BCUT2D eigenvalue weighted by atomic mass is 10.2. The Morgan fingerprint density at radius 3 is 2.86 bits per heavy atom. The van der Waals surface area contributed by atoms with Crippen molar-refractivity contribution in [3.8, 4) is 0 Å². The zero-order valence-corrected chi connectivity index (χ0v) is 8.03. The molecule has 0 aliphatic heterocycles. The summed E-state index contributed by atoms with van der Waals surface area (Å²) in [7, 11) is 0. The molecule has 0 aromatic carbocycles. The van der Waals surface area contributed by atoms with Gasteiger partial charge >= 0.3 is 0 Å². The average molecular weight is 191 g/mol. The number of hydrogen-bond donors (Lipinski definition) is 2. The van der Waals surface area contributed by atoms with Gasteiger partial charge in [-0.3, -0.25) is 9.78 Å². The van der Waals surface area contributed by atoms with Gasteiger partial charge in [0.25, 0.3) is 0 Å². The number of carbonyl (C=O) groups excluding carboxylic acids is 1. The number of nitrogen functional groups attached to an aromatic ring is 1. The van der Waals surface area contributed by atoms with E-state index in [0.29, 0.717) is 5.69 Å². The molecule has 0 spiro atoms. The first-order chi connectivity index (χ1) is 6.59. The third-order valence-electron chi connectivity index (χ3n) is 1.76. The molecule has 0 saturated carbocycles. The number of rotatable bonds is 3.